The molecule has 0 fully saturated rings. The van der Waals surface area contributed by atoms with E-state index in [4.69, 9.17) is 4.74 Å². The molecule has 0 atom stereocenters. The highest BCUT2D eigenvalue weighted by Gasteiger charge is 2.07. The summed E-state index contributed by atoms with van der Waals surface area (Å²) in [6, 6.07) is 11.7. The maximum Gasteiger partial charge on any atom is 0.169 e. The predicted octanol–water partition coefficient (Wildman–Crippen LogP) is 3.89. The van der Waals surface area contributed by atoms with Crippen LogP contribution in [0.1, 0.15) is 0 Å². The van der Waals surface area contributed by atoms with Crippen molar-refractivity contribution in [3.8, 4) is 17.2 Å². The van der Waals surface area contributed by atoms with Crippen LogP contribution in [-0.4, -0.2) is 5.11 Å². The Morgan fingerprint density at radius 2 is 1.88 bits per heavy atom. The fraction of sp³-hybridized carbons (Fsp3) is 0. The van der Waals surface area contributed by atoms with Gasteiger partial charge in [-0.05, 0) is 40.2 Å². The van der Waals surface area contributed by atoms with Crippen molar-refractivity contribution < 1.29 is 14.2 Å². The molecule has 1 N–H and O–H groups in total. The number of hydrogen-bond acceptors (Lipinski definition) is 2. The minimum atomic E-state index is -0.475. The smallest absolute Gasteiger partial charge is 0.169 e. The Morgan fingerprint density at radius 1 is 1.12 bits per heavy atom. The normalized spacial score (nSPS) is 10.1. The molecule has 0 saturated heterocycles. The van der Waals surface area contributed by atoms with Gasteiger partial charge in [0.15, 0.2) is 11.5 Å². The van der Waals surface area contributed by atoms with Gasteiger partial charge in [-0.3, -0.25) is 0 Å². The number of benzene rings is 2. The summed E-state index contributed by atoms with van der Waals surface area (Å²) in [5.41, 5.74) is 0. The van der Waals surface area contributed by atoms with E-state index in [0.29, 0.717) is 16.0 Å². The number of hydrogen-bond donors (Lipinski definition) is 1. The average Bonchev–Trinajstić information content (AvgIpc) is 2.25. The second-order valence-corrected chi connectivity index (χ2v) is 3.85. The third-order valence-electron chi connectivity index (χ3n) is 1.91. The highest BCUT2D eigenvalue weighted by atomic mass is 79.9. The van der Waals surface area contributed by atoms with Gasteiger partial charge in [0.25, 0.3) is 0 Å². The van der Waals surface area contributed by atoms with Crippen molar-refractivity contribution in [1.82, 2.24) is 0 Å². The van der Waals surface area contributed by atoms with E-state index in [1.165, 1.54) is 18.2 Å². The van der Waals surface area contributed by atoms with Crippen LogP contribution < -0.4 is 4.74 Å². The maximum absolute atomic E-state index is 12.8. The number of halogens is 2. The Bertz CT molecular complexity index is 514. The van der Waals surface area contributed by atoms with Crippen LogP contribution in [0, 0.1) is 11.9 Å². The molecule has 4 heteroatoms. The summed E-state index contributed by atoms with van der Waals surface area (Å²) in [6.45, 7) is 0. The molecule has 0 aromatic heterocycles. The monoisotopic (exact) mass is 281 g/mol. The summed E-state index contributed by atoms with van der Waals surface area (Å²) in [7, 11) is 0. The Morgan fingerprint density at radius 3 is 2.56 bits per heavy atom. The minimum Gasteiger partial charge on any atom is -0.504 e. The van der Waals surface area contributed by atoms with Gasteiger partial charge < -0.3 is 9.84 Å². The van der Waals surface area contributed by atoms with E-state index in [1.807, 2.05) is 0 Å². The predicted molar refractivity (Wildman–Crippen MR) is 61.1 cm³/mol. The molecule has 0 saturated carbocycles. The second-order valence-electron chi connectivity index (χ2n) is 3.05. The van der Waals surface area contributed by atoms with Crippen LogP contribution in [-0.2, 0) is 0 Å². The van der Waals surface area contributed by atoms with Gasteiger partial charge in [0, 0.05) is 6.07 Å². The molecule has 0 heterocycles. The summed E-state index contributed by atoms with van der Waals surface area (Å²) < 4.78 is 18.5. The largest absolute Gasteiger partial charge is 0.504 e. The number of phenolic OH excluding ortho intramolecular Hbond substituents is 1. The van der Waals surface area contributed by atoms with Crippen molar-refractivity contribution in [2.45, 2.75) is 0 Å². The second kappa shape index (κ2) is 4.53. The molecule has 16 heavy (non-hydrogen) atoms. The Labute approximate surface area is 100 Å². The van der Waals surface area contributed by atoms with Gasteiger partial charge in [0.05, 0.1) is 4.47 Å². The molecule has 0 aliphatic carbocycles. The first-order valence-electron chi connectivity index (χ1n) is 4.50. The molecule has 0 spiro atoms. The topological polar surface area (TPSA) is 29.5 Å². The van der Waals surface area contributed by atoms with Gasteiger partial charge in [0.1, 0.15) is 11.6 Å². The quantitative estimate of drug-likeness (QED) is 0.905. The van der Waals surface area contributed by atoms with Gasteiger partial charge in [-0.25, -0.2) is 4.39 Å². The molecular formula is C12H7BrFO2. The van der Waals surface area contributed by atoms with Crippen molar-refractivity contribution >= 4 is 15.9 Å². The summed E-state index contributed by atoms with van der Waals surface area (Å²) in [4.78, 5) is 0. The van der Waals surface area contributed by atoms with Gasteiger partial charge in [-0.1, -0.05) is 12.1 Å². The molecule has 0 amide bonds. The van der Waals surface area contributed by atoms with Crippen molar-refractivity contribution in [2.75, 3.05) is 0 Å². The zero-order valence-electron chi connectivity index (χ0n) is 8.08. The molecule has 2 nitrogen and oxygen atoms in total. The van der Waals surface area contributed by atoms with Crippen LogP contribution in [0.15, 0.2) is 40.9 Å². The third-order valence-corrected chi connectivity index (χ3v) is 2.50. The highest BCUT2D eigenvalue weighted by Crippen LogP contribution is 2.34. The van der Waals surface area contributed by atoms with E-state index >= 15 is 0 Å². The van der Waals surface area contributed by atoms with E-state index in [1.54, 1.807) is 18.2 Å². The van der Waals surface area contributed by atoms with Crippen LogP contribution in [0.5, 0.6) is 17.2 Å². The van der Waals surface area contributed by atoms with Gasteiger partial charge in [-0.15, -0.1) is 0 Å². The zero-order chi connectivity index (χ0) is 11.5. The van der Waals surface area contributed by atoms with Crippen LogP contribution in [0.2, 0.25) is 0 Å². The summed E-state index contributed by atoms with van der Waals surface area (Å²) >= 11 is 3.13. The van der Waals surface area contributed by atoms with E-state index < -0.39 is 5.82 Å². The van der Waals surface area contributed by atoms with Crippen LogP contribution in [0.3, 0.4) is 0 Å². The Balaban J connectivity index is 2.31. The number of rotatable bonds is 2. The van der Waals surface area contributed by atoms with E-state index in [9.17, 15) is 9.50 Å². The van der Waals surface area contributed by atoms with Crippen molar-refractivity contribution in [3.63, 3.8) is 0 Å². The molecule has 2 aromatic carbocycles. The molecule has 81 valence electrons. The highest BCUT2D eigenvalue weighted by molar-refractivity contribution is 9.10. The Kier molecular flexibility index (Phi) is 3.10. The molecule has 0 aliphatic heterocycles. The van der Waals surface area contributed by atoms with Gasteiger partial charge in [-0.2, -0.15) is 0 Å². The van der Waals surface area contributed by atoms with Crippen LogP contribution >= 0.6 is 15.9 Å². The number of aromatic hydroxyl groups is 1. The lowest BCUT2D eigenvalue weighted by Crippen LogP contribution is -1.87. The molecule has 0 unspecified atom stereocenters. The third kappa shape index (κ3) is 2.33. The molecule has 1 radical (unpaired) electrons. The lowest BCUT2D eigenvalue weighted by Gasteiger charge is -2.08. The molecular weight excluding hydrogens is 275 g/mol. The van der Waals surface area contributed by atoms with E-state index in [0.717, 1.165) is 0 Å². The SMILES string of the molecule is Oc1ccccc1Oc1ccc(F)[c]c1Br. The molecule has 0 aliphatic rings. The Hall–Kier alpha value is -1.55. The van der Waals surface area contributed by atoms with E-state index in [-0.39, 0.29) is 5.75 Å². The van der Waals surface area contributed by atoms with Crippen molar-refractivity contribution in [3.05, 3.63) is 52.8 Å². The lowest BCUT2D eigenvalue weighted by molar-refractivity contribution is 0.409. The molecule has 2 rings (SSSR count). The van der Waals surface area contributed by atoms with Gasteiger partial charge >= 0.3 is 0 Å². The molecule has 0 bridgehead atoms. The first kappa shape index (κ1) is 11.0. The standard InChI is InChI=1S/C12H7BrFO2/c13-9-7-8(14)5-6-11(9)16-12-4-2-1-3-10(12)15/h1-6,15H. The summed E-state index contributed by atoms with van der Waals surface area (Å²) in [5.74, 6) is 0.251. The van der Waals surface area contributed by atoms with Crippen LogP contribution in [0.25, 0.3) is 0 Å². The average molecular weight is 282 g/mol. The number of para-hydroxylation sites is 2. The fourth-order valence-corrected chi connectivity index (χ4v) is 1.57. The van der Waals surface area contributed by atoms with Gasteiger partial charge in [0.2, 0.25) is 0 Å². The zero-order valence-corrected chi connectivity index (χ0v) is 9.66. The van der Waals surface area contributed by atoms with E-state index in [2.05, 4.69) is 22.0 Å². The maximum atomic E-state index is 12.8. The minimum absolute atomic E-state index is 0.0266. The van der Waals surface area contributed by atoms with Crippen molar-refractivity contribution in [1.29, 1.82) is 0 Å². The number of ether oxygens (including phenoxy) is 1. The van der Waals surface area contributed by atoms with Crippen molar-refractivity contribution in [2.24, 2.45) is 0 Å². The first-order valence-corrected chi connectivity index (χ1v) is 5.29. The lowest BCUT2D eigenvalue weighted by atomic mass is 10.3. The number of phenols is 1. The fourth-order valence-electron chi connectivity index (χ4n) is 1.17. The summed E-state index contributed by atoms with van der Waals surface area (Å²) in [5, 5.41) is 9.49. The first-order chi connectivity index (χ1) is 7.66. The van der Waals surface area contributed by atoms with Crippen LogP contribution in [0.4, 0.5) is 4.39 Å². The molecule has 2 aromatic rings. The summed E-state index contributed by atoms with van der Waals surface area (Å²) in [6.07, 6.45) is 0.